The number of urea groups is 1. The van der Waals surface area contributed by atoms with E-state index >= 15 is 0 Å². The highest BCUT2D eigenvalue weighted by atomic mass is 16.5. The summed E-state index contributed by atoms with van der Waals surface area (Å²) in [6.07, 6.45) is 0.843. The van der Waals surface area contributed by atoms with E-state index in [-0.39, 0.29) is 18.0 Å². The first-order valence-electron chi connectivity index (χ1n) is 11.4. The first-order valence-corrected chi connectivity index (χ1v) is 11.4. The molecule has 3 rings (SSSR count). The average molecular weight is 454 g/mol. The molecule has 0 aliphatic carbocycles. The van der Waals surface area contributed by atoms with Gasteiger partial charge in [-0.25, -0.2) is 4.79 Å². The van der Waals surface area contributed by atoms with Gasteiger partial charge in [0, 0.05) is 57.7 Å². The van der Waals surface area contributed by atoms with Crippen LogP contribution in [-0.4, -0.2) is 70.3 Å². The Kier molecular flexibility index (Phi) is 8.03. The maximum absolute atomic E-state index is 13.1. The fourth-order valence-corrected chi connectivity index (χ4v) is 3.79. The van der Waals surface area contributed by atoms with Crippen LogP contribution >= 0.6 is 0 Å². The molecule has 8 heteroatoms. The Bertz CT molecular complexity index is 970. The van der Waals surface area contributed by atoms with Crippen molar-refractivity contribution in [2.24, 2.45) is 0 Å². The zero-order chi connectivity index (χ0) is 24.0. The number of hydrogen-bond donors (Lipinski definition) is 2. The molecule has 0 radical (unpaired) electrons. The lowest BCUT2D eigenvalue weighted by Crippen LogP contribution is -2.47. The highest BCUT2D eigenvalue weighted by Crippen LogP contribution is 2.31. The maximum atomic E-state index is 13.1. The number of amides is 3. The molecule has 0 aromatic heterocycles. The summed E-state index contributed by atoms with van der Waals surface area (Å²) < 4.78 is 5.52. The number of methoxy groups -OCH3 is 1. The number of ether oxygens (including phenoxy) is 1. The van der Waals surface area contributed by atoms with Crippen LogP contribution in [-0.2, 0) is 0 Å². The standard InChI is InChI=1S/C25H35N5O3/c1-6-18(2)26-24(31)20-17-19(27-25(32)28(3)4)11-12-21(20)29-13-15-30(16-14-29)22-9-7-8-10-23(22)33-5/h7-12,17-18H,6,13-16H2,1-5H3,(H,26,31)(H,27,32). The van der Waals surface area contributed by atoms with E-state index in [1.165, 1.54) is 4.90 Å². The van der Waals surface area contributed by atoms with E-state index in [4.69, 9.17) is 4.74 Å². The largest absolute Gasteiger partial charge is 0.495 e. The Hall–Kier alpha value is -3.42. The molecular weight excluding hydrogens is 418 g/mol. The molecular formula is C25H35N5O3. The Morgan fingerprint density at radius 2 is 1.67 bits per heavy atom. The predicted octanol–water partition coefficient (Wildman–Crippen LogP) is 3.64. The Morgan fingerprint density at radius 3 is 2.27 bits per heavy atom. The van der Waals surface area contributed by atoms with Crippen molar-refractivity contribution in [3.8, 4) is 5.75 Å². The van der Waals surface area contributed by atoms with Crippen LogP contribution < -0.4 is 25.2 Å². The zero-order valence-electron chi connectivity index (χ0n) is 20.2. The van der Waals surface area contributed by atoms with Crippen LogP contribution in [0.1, 0.15) is 30.6 Å². The summed E-state index contributed by atoms with van der Waals surface area (Å²) in [6.45, 7) is 7.19. The minimum Gasteiger partial charge on any atom is -0.495 e. The van der Waals surface area contributed by atoms with Gasteiger partial charge >= 0.3 is 6.03 Å². The molecule has 0 spiro atoms. The van der Waals surface area contributed by atoms with Crippen LogP contribution in [0, 0.1) is 0 Å². The minimum absolute atomic E-state index is 0.0627. The third-order valence-electron chi connectivity index (χ3n) is 5.93. The zero-order valence-corrected chi connectivity index (χ0v) is 20.2. The number of hydrogen-bond acceptors (Lipinski definition) is 5. The van der Waals surface area contributed by atoms with E-state index in [0.717, 1.165) is 49.7 Å². The van der Waals surface area contributed by atoms with E-state index in [1.807, 2.05) is 44.2 Å². The molecule has 2 aromatic rings. The molecule has 2 N–H and O–H groups in total. The van der Waals surface area contributed by atoms with Crippen molar-refractivity contribution >= 4 is 29.0 Å². The number of para-hydroxylation sites is 2. The molecule has 2 aromatic carbocycles. The summed E-state index contributed by atoms with van der Waals surface area (Å²) in [5, 5.41) is 5.90. The smallest absolute Gasteiger partial charge is 0.321 e. The van der Waals surface area contributed by atoms with E-state index in [9.17, 15) is 9.59 Å². The van der Waals surface area contributed by atoms with Gasteiger partial charge in [-0.3, -0.25) is 4.79 Å². The second kappa shape index (κ2) is 10.9. The summed E-state index contributed by atoms with van der Waals surface area (Å²) in [5.74, 6) is 0.730. The van der Waals surface area contributed by atoms with Crippen molar-refractivity contribution < 1.29 is 14.3 Å². The molecule has 0 bridgehead atoms. The third-order valence-corrected chi connectivity index (χ3v) is 5.93. The lowest BCUT2D eigenvalue weighted by Gasteiger charge is -2.38. The van der Waals surface area contributed by atoms with E-state index in [0.29, 0.717) is 11.3 Å². The van der Waals surface area contributed by atoms with Gasteiger partial charge in [0.25, 0.3) is 5.91 Å². The monoisotopic (exact) mass is 453 g/mol. The molecule has 1 unspecified atom stereocenters. The number of nitrogens with zero attached hydrogens (tertiary/aromatic N) is 3. The molecule has 178 valence electrons. The Balaban J connectivity index is 1.82. The molecule has 3 amide bonds. The number of nitrogens with one attached hydrogen (secondary N) is 2. The number of benzene rings is 2. The van der Waals surface area contributed by atoms with E-state index in [1.54, 1.807) is 27.3 Å². The first-order chi connectivity index (χ1) is 15.8. The van der Waals surface area contributed by atoms with Crippen LogP contribution in [0.15, 0.2) is 42.5 Å². The number of carbonyl (C=O) groups is 2. The Morgan fingerprint density at radius 1 is 1.03 bits per heavy atom. The molecule has 0 saturated carbocycles. The first kappa shape index (κ1) is 24.2. The summed E-state index contributed by atoms with van der Waals surface area (Å²) >= 11 is 0. The van der Waals surface area contributed by atoms with Gasteiger partial charge in [0.1, 0.15) is 5.75 Å². The van der Waals surface area contributed by atoms with Gasteiger partial charge in [-0.2, -0.15) is 0 Å². The molecule has 1 aliphatic heterocycles. The predicted molar refractivity (Wildman–Crippen MR) is 134 cm³/mol. The van der Waals surface area contributed by atoms with Crippen LogP contribution in [0.5, 0.6) is 5.75 Å². The summed E-state index contributed by atoms with van der Waals surface area (Å²) in [7, 11) is 5.05. The molecule has 1 atom stereocenters. The van der Waals surface area contributed by atoms with Crippen LogP contribution in [0.3, 0.4) is 0 Å². The fraction of sp³-hybridized carbons (Fsp3) is 0.440. The van der Waals surface area contributed by atoms with Crippen LogP contribution in [0.4, 0.5) is 21.9 Å². The molecule has 1 aliphatic rings. The van der Waals surface area contributed by atoms with Crippen LogP contribution in [0.2, 0.25) is 0 Å². The van der Waals surface area contributed by atoms with Crippen molar-refractivity contribution in [1.29, 1.82) is 0 Å². The molecule has 33 heavy (non-hydrogen) atoms. The van der Waals surface area contributed by atoms with Crippen LogP contribution in [0.25, 0.3) is 0 Å². The molecule has 8 nitrogen and oxygen atoms in total. The SMILES string of the molecule is CCC(C)NC(=O)c1cc(NC(=O)N(C)C)ccc1N1CCN(c2ccccc2OC)CC1. The van der Waals surface area contributed by atoms with Crippen molar-refractivity contribution in [3.05, 3.63) is 48.0 Å². The topological polar surface area (TPSA) is 77.2 Å². The molecule has 1 fully saturated rings. The van der Waals surface area contributed by atoms with Crippen molar-refractivity contribution in [3.63, 3.8) is 0 Å². The summed E-state index contributed by atoms with van der Waals surface area (Å²) in [6, 6.07) is 13.4. The van der Waals surface area contributed by atoms with Crippen molar-refractivity contribution in [2.45, 2.75) is 26.3 Å². The lowest BCUT2D eigenvalue weighted by molar-refractivity contribution is 0.0939. The van der Waals surface area contributed by atoms with E-state index in [2.05, 4.69) is 26.5 Å². The fourth-order valence-electron chi connectivity index (χ4n) is 3.79. The third kappa shape index (κ3) is 5.88. The highest BCUT2D eigenvalue weighted by molar-refractivity contribution is 6.02. The minimum atomic E-state index is -0.235. The van der Waals surface area contributed by atoms with Gasteiger partial charge < -0.3 is 30.1 Å². The van der Waals surface area contributed by atoms with Gasteiger partial charge in [-0.1, -0.05) is 19.1 Å². The van der Waals surface area contributed by atoms with Gasteiger partial charge in [0.05, 0.1) is 18.4 Å². The number of carbonyl (C=O) groups excluding carboxylic acids is 2. The summed E-state index contributed by atoms with van der Waals surface area (Å²) in [4.78, 5) is 31.2. The van der Waals surface area contributed by atoms with Gasteiger partial charge in [0.2, 0.25) is 0 Å². The normalized spacial score (nSPS) is 14.5. The van der Waals surface area contributed by atoms with Gasteiger partial charge in [-0.05, 0) is 43.7 Å². The highest BCUT2D eigenvalue weighted by Gasteiger charge is 2.24. The summed E-state index contributed by atoms with van der Waals surface area (Å²) in [5.41, 5.74) is 3.12. The van der Waals surface area contributed by atoms with Gasteiger partial charge in [0.15, 0.2) is 0 Å². The lowest BCUT2D eigenvalue weighted by atomic mass is 10.1. The number of anilines is 3. The molecule has 1 saturated heterocycles. The second-order valence-electron chi connectivity index (χ2n) is 8.49. The van der Waals surface area contributed by atoms with Gasteiger partial charge in [-0.15, -0.1) is 0 Å². The average Bonchev–Trinajstić information content (AvgIpc) is 2.83. The number of rotatable bonds is 7. The quantitative estimate of drug-likeness (QED) is 0.669. The van der Waals surface area contributed by atoms with Crippen molar-refractivity contribution in [1.82, 2.24) is 10.2 Å². The maximum Gasteiger partial charge on any atom is 0.321 e. The Labute approximate surface area is 196 Å². The van der Waals surface area contributed by atoms with Crippen molar-refractivity contribution in [2.75, 3.05) is 62.5 Å². The molecule has 1 heterocycles. The second-order valence-corrected chi connectivity index (χ2v) is 8.49. The van der Waals surface area contributed by atoms with E-state index < -0.39 is 0 Å². The number of piperazine rings is 1.